The Balaban J connectivity index is 1.83. The summed E-state index contributed by atoms with van der Waals surface area (Å²) in [6, 6.07) is 3.67. The van der Waals surface area contributed by atoms with Gasteiger partial charge in [0.25, 0.3) is 0 Å². The molecule has 0 spiro atoms. The lowest BCUT2D eigenvalue weighted by atomic mass is 9.92. The highest BCUT2D eigenvalue weighted by atomic mass is 32.1. The summed E-state index contributed by atoms with van der Waals surface area (Å²) in [5, 5.41) is 2.83. The van der Waals surface area contributed by atoms with E-state index >= 15 is 0 Å². The van der Waals surface area contributed by atoms with Crippen LogP contribution in [0.1, 0.15) is 41.6 Å². The summed E-state index contributed by atoms with van der Waals surface area (Å²) in [5.74, 6) is -0.112. The predicted molar refractivity (Wildman–Crippen MR) is 96.9 cm³/mol. The van der Waals surface area contributed by atoms with Gasteiger partial charge in [0.15, 0.2) is 6.61 Å². The molecule has 0 amide bonds. The van der Waals surface area contributed by atoms with Crippen LogP contribution in [-0.2, 0) is 27.2 Å². The first kappa shape index (κ1) is 18.4. The number of aryl methyl sites for hydroxylation is 2. The molecule has 0 saturated heterocycles. The second-order valence-electron chi connectivity index (χ2n) is 5.98. The standard InChI is InChI=1S/C19H21NO5S/c1-4-12-6-13-7-14(15-10-26-11(3)20-15)19(22)25-17(13)8-16(12)24-9-18(21)23-5-2/h6,8,10,14H,4-5,7,9H2,1-3H3. The molecule has 3 rings (SSSR count). The van der Waals surface area contributed by atoms with Crippen molar-refractivity contribution in [1.29, 1.82) is 0 Å². The largest absolute Gasteiger partial charge is 0.481 e. The summed E-state index contributed by atoms with van der Waals surface area (Å²) in [5.41, 5.74) is 2.66. The number of ether oxygens (including phenoxy) is 3. The molecule has 0 N–H and O–H groups in total. The molecule has 0 aliphatic carbocycles. The number of hydrogen-bond acceptors (Lipinski definition) is 7. The minimum atomic E-state index is -0.428. The molecular weight excluding hydrogens is 354 g/mol. The number of nitrogens with zero attached hydrogens (tertiary/aromatic N) is 1. The lowest BCUT2D eigenvalue weighted by Crippen LogP contribution is -2.26. The number of carbonyl (C=O) groups is 2. The van der Waals surface area contributed by atoms with E-state index in [0.717, 1.165) is 28.2 Å². The van der Waals surface area contributed by atoms with E-state index in [1.807, 2.05) is 25.3 Å². The van der Waals surface area contributed by atoms with Gasteiger partial charge < -0.3 is 14.2 Å². The van der Waals surface area contributed by atoms with Crippen molar-refractivity contribution in [2.75, 3.05) is 13.2 Å². The third kappa shape index (κ3) is 3.88. The molecule has 0 fully saturated rings. The van der Waals surface area contributed by atoms with Crippen LogP contribution in [-0.4, -0.2) is 30.1 Å². The second-order valence-corrected chi connectivity index (χ2v) is 7.05. The van der Waals surface area contributed by atoms with E-state index in [4.69, 9.17) is 14.2 Å². The summed E-state index contributed by atoms with van der Waals surface area (Å²) >= 11 is 1.52. The Bertz CT molecular complexity index is 829. The lowest BCUT2D eigenvalue weighted by molar-refractivity contribution is -0.145. The first-order valence-electron chi connectivity index (χ1n) is 8.59. The van der Waals surface area contributed by atoms with Gasteiger partial charge in [0.1, 0.15) is 17.4 Å². The van der Waals surface area contributed by atoms with Crippen LogP contribution in [0.3, 0.4) is 0 Å². The van der Waals surface area contributed by atoms with Crippen molar-refractivity contribution in [3.63, 3.8) is 0 Å². The zero-order valence-electron chi connectivity index (χ0n) is 15.0. The highest BCUT2D eigenvalue weighted by Crippen LogP contribution is 2.38. The summed E-state index contributed by atoms with van der Waals surface area (Å²) in [7, 11) is 0. The minimum absolute atomic E-state index is 0.172. The van der Waals surface area contributed by atoms with E-state index in [2.05, 4.69) is 4.98 Å². The third-order valence-corrected chi connectivity index (χ3v) is 4.98. The smallest absolute Gasteiger partial charge is 0.344 e. The molecule has 0 bridgehead atoms. The number of thiazole rings is 1. The van der Waals surface area contributed by atoms with Gasteiger partial charge in [-0.25, -0.2) is 9.78 Å². The Labute approximate surface area is 156 Å². The van der Waals surface area contributed by atoms with Gasteiger partial charge in [-0.05, 0) is 43.9 Å². The predicted octanol–water partition coefficient (Wildman–Crippen LogP) is 3.20. The van der Waals surface area contributed by atoms with Crippen LogP contribution in [0.15, 0.2) is 17.5 Å². The minimum Gasteiger partial charge on any atom is -0.481 e. The second kappa shape index (κ2) is 7.86. The third-order valence-electron chi connectivity index (χ3n) is 4.19. The van der Waals surface area contributed by atoms with Gasteiger partial charge in [0.05, 0.1) is 17.3 Å². The molecule has 7 heteroatoms. The van der Waals surface area contributed by atoms with Gasteiger partial charge in [-0.1, -0.05) is 6.92 Å². The molecule has 2 heterocycles. The molecule has 0 radical (unpaired) electrons. The Morgan fingerprint density at radius 2 is 2.19 bits per heavy atom. The van der Waals surface area contributed by atoms with E-state index in [0.29, 0.717) is 24.5 Å². The van der Waals surface area contributed by atoms with Crippen LogP contribution in [0.4, 0.5) is 0 Å². The fourth-order valence-corrected chi connectivity index (χ4v) is 3.58. The van der Waals surface area contributed by atoms with Crippen molar-refractivity contribution in [2.45, 2.75) is 39.5 Å². The maximum absolute atomic E-state index is 12.4. The molecule has 1 aromatic heterocycles. The van der Waals surface area contributed by atoms with Crippen LogP contribution in [0.5, 0.6) is 11.5 Å². The van der Waals surface area contributed by atoms with E-state index in [9.17, 15) is 9.59 Å². The molecule has 6 nitrogen and oxygen atoms in total. The van der Waals surface area contributed by atoms with Crippen LogP contribution < -0.4 is 9.47 Å². The number of aromatic nitrogens is 1. The Morgan fingerprint density at radius 1 is 1.38 bits per heavy atom. The monoisotopic (exact) mass is 375 g/mol. The zero-order chi connectivity index (χ0) is 18.7. The molecule has 1 unspecified atom stereocenters. The van der Waals surface area contributed by atoms with Crippen LogP contribution in [0, 0.1) is 6.92 Å². The number of hydrogen-bond donors (Lipinski definition) is 0. The average Bonchev–Trinajstić information content (AvgIpc) is 3.05. The van der Waals surface area contributed by atoms with E-state index in [-0.39, 0.29) is 18.5 Å². The Hall–Kier alpha value is -2.41. The van der Waals surface area contributed by atoms with E-state index < -0.39 is 5.97 Å². The Morgan fingerprint density at radius 3 is 2.85 bits per heavy atom. The van der Waals surface area contributed by atoms with Crippen LogP contribution in [0.2, 0.25) is 0 Å². The number of carbonyl (C=O) groups excluding carboxylic acids is 2. The van der Waals surface area contributed by atoms with Crippen molar-refractivity contribution >= 4 is 23.3 Å². The number of fused-ring (bicyclic) bond motifs is 1. The van der Waals surface area contributed by atoms with Gasteiger partial charge in [-0.3, -0.25) is 4.79 Å². The highest BCUT2D eigenvalue weighted by molar-refractivity contribution is 7.09. The van der Waals surface area contributed by atoms with Crippen molar-refractivity contribution in [2.24, 2.45) is 0 Å². The van der Waals surface area contributed by atoms with Gasteiger partial charge in [-0.2, -0.15) is 0 Å². The van der Waals surface area contributed by atoms with E-state index in [1.165, 1.54) is 11.3 Å². The van der Waals surface area contributed by atoms with E-state index in [1.54, 1.807) is 13.0 Å². The molecule has 2 aromatic rings. The normalized spacial score (nSPS) is 16.0. The fourth-order valence-electron chi connectivity index (χ4n) is 2.91. The van der Waals surface area contributed by atoms with Crippen molar-refractivity contribution < 1.29 is 23.8 Å². The molecule has 1 aliphatic rings. The van der Waals surface area contributed by atoms with Gasteiger partial charge in [0.2, 0.25) is 0 Å². The summed E-state index contributed by atoms with van der Waals surface area (Å²) in [6.07, 6.45) is 1.28. The first-order valence-corrected chi connectivity index (χ1v) is 9.47. The highest BCUT2D eigenvalue weighted by Gasteiger charge is 2.32. The SMILES string of the molecule is CCOC(=O)COc1cc2c(cc1CC)CC(c1csc(C)n1)C(=O)O2. The first-order chi connectivity index (χ1) is 12.5. The van der Waals surface area contributed by atoms with Gasteiger partial charge >= 0.3 is 11.9 Å². The zero-order valence-corrected chi connectivity index (χ0v) is 15.9. The molecule has 1 aromatic carbocycles. The molecular formula is C19H21NO5S. The molecule has 0 saturated carbocycles. The summed E-state index contributed by atoms with van der Waals surface area (Å²) in [4.78, 5) is 28.4. The van der Waals surface area contributed by atoms with Crippen molar-refractivity contribution in [3.05, 3.63) is 39.3 Å². The molecule has 1 aliphatic heterocycles. The maximum Gasteiger partial charge on any atom is 0.344 e. The van der Waals surface area contributed by atoms with Crippen LogP contribution >= 0.6 is 11.3 Å². The Kier molecular flexibility index (Phi) is 5.56. The van der Waals surface area contributed by atoms with Gasteiger partial charge in [-0.15, -0.1) is 11.3 Å². The summed E-state index contributed by atoms with van der Waals surface area (Å²) in [6.45, 7) is 5.80. The number of rotatable bonds is 6. The molecule has 1 atom stereocenters. The lowest BCUT2D eigenvalue weighted by Gasteiger charge is -2.24. The van der Waals surface area contributed by atoms with Crippen LogP contribution in [0.25, 0.3) is 0 Å². The number of esters is 2. The average molecular weight is 375 g/mol. The van der Waals surface area contributed by atoms with Crippen molar-refractivity contribution in [3.8, 4) is 11.5 Å². The van der Waals surface area contributed by atoms with Crippen molar-refractivity contribution in [1.82, 2.24) is 4.98 Å². The topological polar surface area (TPSA) is 74.7 Å². The van der Waals surface area contributed by atoms with Gasteiger partial charge in [0, 0.05) is 11.4 Å². The quantitative estimate of drug-likeness (QED) is 0.570. The molecule has 26 heavy (non-hydrogen) atoms. The fraction of sp³-hybridized carbons (Fsp3) is 0.421. The molecule has 138 valence electrons. The maximum atomic E-state index is 12.4. The number of benzene rings is 1. The summed E-state index contributed by atoms with van der Waals surface area (Å²) < 4.78 is 16.0.